The molecule has 0 aliphatic rings. The molecule has 8 heteroatoms. The number of aromatic hydroxyl groups is 1. The van der Waals surface area contributed by atoms with E-state index in [1.807, 2.05) is 41.8 Å². The van der Waals surface area contributed by atoms with E-state index in [0.29, 0.717) is 17.6 Å². The van der Waals surface area contributed by atoms with E-state index >= 15 is 0 Å². The lowest BCUT2D eigenvalue weighted by Crippen LogP contribution is -2.22. The van der Waals surface area contributed by atoms with Gasteiger partial charge in [0.1, 0.15) is 5.65 Å². The number of aromatic amines is 1. The van der Waals surface area contributed by atoms with Crippen LogP contribution >= 0.6 is 11.3 Å². The van der Waals surface area contributed by atoms with Gasteiger partial charge >= 0.3 is 5.97 Å². The zero-order chi connectivity index (χ0) is 21.8. The molecule has 160 valence electrons. The van der Waals surface area contributed by atoms with Crippen LogP contribution in [0.2, 0.25) is 0 Å². The first-order valence-corrected chi connectivity index (χ1v) is 11.1. The Morgan fingerprint density at radius 2 is 2.00 bits per heavy atom. The fourth-order valence-corrected chi connectivity index (χ4v) is 4.33. The molecule has 31 heavy (non-hydrogen) atoms. The standard InChI is InChI=1S/C23H23N3O4S/c1-2-3-4-8-11-30-23(29)19-21(27)25-20-17(13-24-26(20)22(19)28)18-12-16(14-31-18)15-9-6-5-7-10-15/h5-7,9-10,12-14,28H,2-4,8,11H2,1H3,(H,25,27). The summed E-state index contributed by atoms with van der Waals surface area (Å²) in [4.78, 5) is 28.5. The van der Waals surface area contributed by atoms with Gasteiger partial charge in [0.2, 0.25) is 5.88 Å². The van der Waals surface area contributed by atoms with Crippen molar-refractivity contribution in [2.45, 2.75) is 32.6 Å². The quantitative estimate of drug-likeness (QED) is 0.303. The summed E-state index contributed by atoms with van der Waals surface area (Å²) in [5.41, 5.74) is 1.98. The number of nitrogens with zero attached hydrogens (tertiary/aromatic N) is 2. The van der Waals surface area contributed by atoms with Gasteiger partial charge in [-0.1, -0.05) is 56.5 Å². The molecule has 2 N–H and O–H groups in total. The van der Waals surface area contributed by atoms with Gasteiger partial charge in [0.05, 0.1) is 18.4 Å². The van der Waals surface area contributed by atoms with Gasteiger partial charge in [-0.05, 0) is 29.0 Å². The summed E-state index contributed by atoms with van der Waals surface area (Å²) in [6.07, 6.45) is 5.35. The molecule has 0 fully saturated rings. The molecule has 0 aliphatic heterocycles. The summed E-state index contributed by atoms with van der Waals surface area (Å²) in [6.45, 7) is 2.30. The molecule has 3 heterocycles. The number of carbonyl (C=O) groups is 1. The number of esters is 1. The van der Waals surface area contributed by atoms with Gasteiger partial charge in [0, 0.05) is 4.88 Å². The molecule has 0 spiro atoms. The first-order valence-electron chi connectivity index (χ1n) is 10.2. The largest absolute Gasteiger partial charge is 0.492 e. The lowest BCUT2D eigenvalue weighted by Gasteiger charge is -2.07. The van der Waals surface area contributed by atoms with E-state index in [-0.39, 0.29) is 6.61 Å². The number of fused-ring (bicyclic) bond motifs is 1. The van der Waals surface area contributed by atoms with Gasteiger partial charge in [0.15, 0.2) is 5.56 Å². The van der Waals surface area contributed by atoms with Crippen LogP contribution in [0.1, 0.15) is 43.0 Å². The Labute approximate surface area is 182 Å². The third-order valence-corrected chi connectivity index (χ3v) is 6.02. The zero-order valence-electron chi connectivity index (χ0n) is 17.1. The monoisotopic (exact) mass is 437 g/mol. The van der Waals surface area contributed by atoms with Gasteiger partial charge in [-0.2, -0.15) is 9.61 Å². The van der Waals surface area contributed by atoms with E-state index in [0.717, 1.165) is 39.8 Å². The number of rotatable bonds is 8. The van der Waals surface area contributed by atoms with Crippen LogP contribution in [0.3, 0.4) is 0 Å². The number of benzene rings is 1. The second-order valence-electron chi connectivity index (χ2n) is 7.23. The van der Waals surface area contributed by atoms with E-state index in [4.69, 9.17) is 4.74 Å². The van der Waals surface area contributed by atoms with Crippen LogP contribution in [-0.4, -0.2) is 32.3 Å². The van der Waals surface area contributed by atoms with Crippen molar-refractivity contribution in [3.63, 3.8) is 0 Å². The van der Waals surface area contributed by atoms with Crippen molar-refractivity contribution in [2.75, 3.05) is 6.61 Å². The third-order valence-electron chi connectivity index (χ3n) is 5.06. The smallest absolute Gasteiger partial charge is 0.349 e. The summed E-state index contributed by atoms with van der Waals surface area (Å²) in [5.74, 6) is -1.37. The van der Waals surface area contributed by atoms with Crippen LogP contribution in [0.5, 0.6) is 5.88 Å². The topological polar surface area (TPSA) is 96.7 Å². The lowest BCUT2D eigenvalue weighted by atomic mass is 10.1. The summed E-state index contributed by atoms with van der Waals surface area (Å²) < 4.78 is 6.33. The number of carbonyl (C=O) groups excluding carboxylic acids is 1. The average molecular weight is 438 g/mol. The summed E-state index contributed by atoms with van der Waals surface area (Å²) in [7, 11) is 0. The number of nitrogens with one attached hydrogen (secondary N) is 1. The Kier molecular flexibility index (Phi) is 6.18. The summed E-state index contributed by atoms with van der Waals surface area (Å²) in [6, 6.07) is 12.0. The van der Waals surface area contributed by atoms with Crippen LogP contribution < -0.4 is 5.56 Å². The second kappa shape index (κ2) is 9.18. The molecule has 4 rings (SSSR count). The molecule has 4 aromatic rings. The molecular weight excluding hydrogens is 414 g/mol. The number of thiophene rings is 1. The predicted octanol–water partition coefficient (Wildman–Crippen LogP) is 4.86. The first kappa shape index (κ1) is 20.9. The highest BCUT2D eigenvalue weighted by Gasteiger charge is 2.23. The Morgan fingerprint density at radius 3 is 2.77 bits per heavy atom. The minimum Gasteiger partial charge on any atom is -0.492 e. The third kappa shape index (κ3) is 4.25. The molecule has 0 saturated heterocycles. The van der Waals surface area contributed by atoms with Gasteiger partial charge in [-0.15, -0.1) is 11.3 Å². The van der Waals surface area contributed by atoms with Gasteiger partial charge < -0.3 is 14.8 Å². The minimum atomic E-state index is -0.850. The highest BCUT2D eigenvalue weighted by Crippen LogP contribution is 2.34. The highest BCUT2D eigenvalue weighted by atomic mass is 32.1. The zero-order valence-corrected chi connectivity index (χ0v) is 17.9. The average Bonchev–Trinajstić information content (AvgIpc) is 3.41. The minimum absolute atomic E-state index is 0.206. The number of H-pyrrole nitrogens is 1. The second-order valence-corrected chi connectivity index (χ2v) is 8.14. The molecule has 0 amide bonds. The lowest BCUT2D eigenvalue weighted by molar-refractivity contribution is 0.0491. The first-order chi connectivity index (χ1) is 15.1. The van der Waals surface area contributed by atoms with E-state index in [1.54, 1.807) is 6.20 Å². The fourth-order valence-electron chi connectivity index (χ4n) is 3.40. The Morgan fingerprint density at radius 1 is 1.19 bits per heavy atom. The molecule has 0 unspecified atom stereocenters. The van der Waals surface area contributed by atoms with Crippen molar-refractivity contribution in [1.29, 1.82) is 0 Å². The van der Waals surface area contributed by atoms with E-state index in [2.05, 4.69) is 17.0 Å². The molecular formula is C23H23N3O4S. The normalized spacial score (nSPS) is 11.1. The molecule has 1 aromatic carbocycles. The van der Waals surface area contributed by atoms with Crippen molar-refractivity contribution in [3.8, 4) is 27.4 Å². The number of unbranched alkanes of at least 4 members (excludes halogenated alkanes) is 3. The van der Waals surface area contributed by atoms with Crippen LogP contribution in [0.25, 0.3) is 27.2 Å². The van der Waals surface area contributed by atoms with Gasteiger partial charge in [-0.3, -0.25) is 4.79 Å². The maximum absolute atomic E-state index is 12.6. The van der Waals surface area contributed by atoms with Crippen molar-refractivity contribution >= 4 is 23.0 Å². The van der Waals surface area contributed by atoms with Crippen molar-refractivity contribution < 1.29 is 14.6 Å². The number of aromatic nitrogens is 3. The van der Waals surface area contributed by atoms with Crippen LogP contribution in [-0.2, 0) is 4.74 Å². The highest BCUT2D eigenvalue weighted by molar-refractivity contribution is 7.14. The van der Waals surface area contributed by atoms with Gasteiger partial charge in [0.25, 0.3) is 5.56 Å². The number of hydrogen-bond donors (Lipinski definition) is 2. The molecule has 0 aliphatic carbocycles. The van der Waals surface area contributed by atoms with Crippen LogP contribution in [0.4, 0.5) is 0 Å². The summed E-state index contributed by atoms with van der Waals surface area (Å²) in [5, 5.41) is 16.8. The molecule has 0 bridgehead atoms. The molecule has 0 saturated carbocycles. The van der Waals surface area contributed by atoms with Crippen LogP contribution in [0, 0.1) is 0 Å². The van der Waals surface area contributed by atoms with E-state index in [9.17, 15) is 14.7 Å². The van der Waals surface area contributed by atoms with Crippen molar-refractivity contribution in [1.82, 2.24) is 14.6 Å². The SMILES string of the molecule is CCCCCCOC(=O)c1c(O)n2ncc(-c3cc(-c4ccccc4)cs3)c2[nH]c1=O. The summed E-state index contributed by atoms with van der Waals surface area (Å²) >= 11 is 1.51. The maximum Gasteiger partial charge on any atom is 0.349 e. The Bertz CT molecular complexity index is 1260. The van der Waals surface area contributed by atoms with E-state index in [1.165, 1.54) is 11.3 Å². The number of ether oxygens (including phenoxy) is 1. The number of hydrogen-bond acceptors (Lipinski definition) is 6. The fraction of sp³-hybridized carbons (Fsp3) is 0.261. The van der Waals surface area contributed by atoms with Crippen molar-refractivity contribution in [3.05, 3.63) is 63.9 Å². The van der Waals surface area contributed by atoms with E-state index < -0.39 is 23.0 Å². The molecule has 0 atom stereocenters. The molecule has 0 radical (unpaired) electrons. The molecule has 3 aromatic heterocycles. The molecule has 7 nitrogen and oxygen atoms in total. The Hall–Kier alpha value is -3.39. The Balaban J connectivity index is 1.62. The van der Waals surface area contributed by atoms with Gasteiger partial charge in [-0.25, -0.2) is 4.79 Å². The van der Waals surface area contributed by atoms with Crippen molar-refractivity contribution in [2.24, 2.45) is 0 Å². The maximum atomic E-state index is 12.6. The predicted molar refractivity (Wildman–Crippen MR) is 121 cm³/mol. The van der Waals surface area contributed by atoms with Crippen LogP contribution in [0.15, 0.2) is 52.8 Å².